The largest absolute Gasteiger partial charge is 0.466 e. The van der Waals surface area contributed by atoms with Crippen molar-refractivity contribution in [1.82, 2.24) is 5.32 Å². The molecule has 0 bridgehead atoms. The van der Waals surface area contributed by atoms with E-state index < -0.39 is 17.4 Å². The van der Waals surface area contributed by atoms with Crippen LogP contribution in [0, 0.1) is 0 Å². The Labute approximate surface area is 115 Å². The van der Waals surface area contributed by atoms with E-state index in [4.69, 9.17) is 16.3 Å². The van der Waals surface area contributed by atoms with Crippen LogP contribution < -0.4 is 15.4 Å². The lowest BCUT2D eigenvalue weighted by Gasteiger charge is -2.33. The number of benzene rings is 1. The molecule has 2 N–H and O–H groups in total. The fraction of sp³-hybridized carbons (Fsp3) is 0.231. The van der Waals surface area contributed by atoms with Gasteiger partial charge in [0.2, 0.25) is 0 Å². The standard InChI is InChI=1S/C13H13ClN2O3/c1-3-6-15-11(17)13(2)12(18)16-9-7-8(14)4-5-10(9)19-13/h3-5,7H,1,6H2,2H3,(H,15,17)(H,16,18). The van der Waals surface area contributed by atoms with E-state index in [0.717, 1.165) is 0 Å². The monoisotopic (exact) mass is 280 g/mol. The van der Waals surface area contributed by atoms with Gasteiger partial charge in [-0.3, -0.25) is 9.59 Å². The fourth-order valence-electron chi connectivity index (χ4n) is 1.68. The van der Waals surface area contributed by atoms with Gasteiger partial charge in [-0.1, -0.05) is 17.7 Å². The lowest BCUT2D eigenvalue weighted by Crippen LogP contribution is -2.58. The number of rotatable bonds is 3. The number of hydrogen-bond donors (Lipinski definition) is 2. The van der Waals surface area contributed by atoms with E-state index in [2.05, 4.69) is 17.2 Å². The Morgan fingerprint density at radius 3 is 3.05 bits per heavy atom. The third kappa shape index (κ3) is 2.42. The summed E-state index contributed by atoms with van der Waals surface area (Å²) in [6, 6.07) is 4.80. The van der Waals surface area contributed by atoms with E-state index in [0.29, 0.717) is 16.5 Å². The van der Waals surface area contributed by atoms with Crippen LogP contribution in [0.3, 0.4) is 0 Å². The number of anilines is 1. The number of carbonyl (C=O) groups is 2. The fourth-order valence-corrected chi connectivity index (χ4v) is 1.85. The summed E-state index contributed by atoms with van der Waals surface area (Å²) >= 11 is 5.83. The van der Waals surface area contributed by atoms with Crippen molar-refractivity contribution in [2.24, 2.45) is 0 Å². The molecule has 0 radical (unpaired) electrons. The first-order valence-electron chi connectivity index (χ1n) is 5.66. The zero-order valence-corrected chi connectivity index (χ0v) is 11.1. The molecule has 100 valence electrons. The number of halogens is 1. The molecule has 2 rings (SSSR count). The molecule has 1 aliphatic rings. The highest BCUT2D eigenvalue weighted by molar-refractivity contribution is 6.31. The van der Waals surface area contributed by atoms with Crippen LogP contribution in [-0.2, 0) is 9.59 Å². The maximum Gasteiger partial charge on any atom is 0.278 e. The highest BCUT2D eigenvalue weighted by Gasteiger charge is 2.47. The van der Waals surface area contributed by atoms with Gasteiger partial charge in [0.1, 0.15) is 5.75 Å². The molecule has 19 heavy (non-hydrogen) atoms. The molecule has 1 aliphatic heterocycles. The summed E-state index contributed by atoms with van der Waals surface area (Å²) in [6.07, 6.45) is 1.52. The van der Waals surface area contributed by atoms with Crippen LogP contribution in [0.5, 0.6) is 5.75 Å². The van der Waals surface area contributed by atoms with Gasteiger partial charge < -0.3 is 15.4 Å². The maximum absolute atomic E-state index is 12.0. The van der Waals surface area contributed by atoms with Gasteiger partial charge in [-0.15, -0.1) is 6.58 Å². The van der Waals surface area contributed by atoms with E-state index in [9.17, 15) is 9.59 Å². The minimum Gasteiger partial charge on any atom is -0.466 e. The van der Waals surface area contributed by atoms with Crippen LogP contribution in [0.4, 0.5) is 5.69 Å². The third-order valence-electron chi connectivity index (χ3n) is 2.78. The van der Waals surface area contributed by atoms with Crippen LogP contribution in [-0.4, -0.2) is 24.0 Å². The summed E-state index contributed by atoms with van der Waals surface area (Å²) in [7, 11) is 0. The van der Waals surface area contributed by atoms with E-state index in [1.807, 2.05) is 0 Å². The summed E-state index contributed by atoms with van der Waals surface area (Å²) in [5.74, 6) is -0.658. The Balaban J connectivity index is 2.30. The van der Waals surface area contributed by atoms with Crippen molar-refractivity contribution >= 4 is 29.1 Å². The minimum absolute atomic E-state index is 0.262. The Bertz CT molecular complexity index is 559. The van der Waals surface area contributed by atoms with Gasteiger partial charge >= 0.3 is 0 Å². The van der Waals surface area contributed by atoms with Gasteiger partial charge in [-0.05, 0) is 25.1 Å². The molecule has 1 aromatic carbocycles. The molecule has 0 spiro atoms. The molecular weight excluding hydrogens is 268 g/mol. The highest BCUT2D eigenvalue weighted by atomic mass is 35.5. The van der Waals surface area contributed by atoms with Crippen molar-refractivity contribution in [3.8, 4) is 5.75 Å². The Hall–Kier alpha value is -2.01. The molecule has 6 heteroatoms. The average molecular weight is 281 g/mol. The third-order valence-corrected chi connectivity index (χ3v) is 3.01. The average Bonchev–Trinajstić information content (AvgIpc) is 2.37. The molecule has 2 amide bonds. The number of amides is 2. The predicted molar refractivity (Wildman–Crippen MR) is 72.3 cm³/mol. The number of nitrogens with one attached hydrogen (secondary N) is 2. The quantitative estimate of drug-likeness (QED) is 0.654. The summed E-state index contributed by atoms with van der Waals surface area (Å²) in [4.78, 5) is 24.0. The summed E-state index contributed by atoms with van der Waals surface area (Å²) < 4.78 is 5.53. The molecule has 1 atom stereocenters. The lowest BCUT2D eigenvalue weighted by molar-refractivity contribution is -0.146. The van der Waals surface area contributed by atoms with Gasteiger partial charge in [0.05, 0.1) is 5.69 Å². The molecule has 0 fully saturated rings. The van der Waals surface area contributed by atoms with Gasteiger partial charge in [0.15, 0.2) is 0 Å². The number of ether oxygens (including phenoxy) is 1. The van der Waals surface area contributed by atoms with Crippen molar-refractivity contribution in [2.75, 3.05) is 11.9 Å². The second-order valence-corrected chi connectivity index (χ2v) is 4.67. The predicted octanol–water partition coefficient (Wildman–Crippen LogP) is 1.73. The maximum atomic E-state index is 12.0. The first kappa shape index (κ1) is 13.4. The number of hydrogen-bond acceptors (Lipinski definition) is 3. The molecule has 1 unspecified atom stereocenters. The van der Waals surface area contributed by atoms with Gasteiger partial charge in [0, 0.05) is 11.6 Å². The molecule has 0 saturated heterocycles. The number of carbonyl (C=O) groups excluding carboxylic acids is 2. The van der Waals surface area contributed by atoms with Gasteiger partial charge in [-0.2, -0.15) is 0 Å². The van der Waals surface area contributed by atoms with Crippen LogP contribution in [0.25, 0.3) is 0 Å². The van der Waals surface area contributed by atoms with Crippen molar-refractivity contribution < 1.29 is 14.3 Å². The second-order valence-electron chi connectivity index (χ2n) is 4.23. The van der Waals surface area contributed by atoms with Crippen molar-refractivity contribution in [3.05, 3.63) is 35.9 Å². The van der Waals surface area contributed by atoms with Crippen LogP contribution in [0.15, 0.2) is 30.9 Å². The summed E-state index contributed by atoms with van der Waals surface area (Å²) in [5.41, 5.74) is -1.16. The lowest BCUT2D eigenvalue weighted by atomic mass is 10.0. The summed E-state index contributed by atoms with van der Waals surface area (Å²) in [5, 5.41) is 5.63. The van der Waals surface area contributed by atoms with E-state index in [1.165, 1.54) is 13.0 Å². The summed E-state index contributed by atoms with van der Waals surface area (Å²) in [6.45, 7) is 5.17. The molecule has 1 heterocycles. The first-order valence-corrected chi connectivity index (χ1v) is 6.04. The van der Waals surface area contributed by atoms with Gasteiger partial charge in [0.25, 0.3) is 17.4 Å². The molecule has 5 nitrogen and oxygen atoms in total. The zero-order chi connectivity index (χ0) is 14.0. The molecule has 1 aromatic rings. The SMILES string of the molecule is C=CCNC(=O)C1(C)Oc2ccc(Cl)cc2NC1=O. The smallest absolute Gasteiger partial charge is 0.278 e. The molecule has 0 aliphatic carbocycles. The van der Waals surface area contributed by atoms with Crippen molar-refractivity contribution in [3.63, 3.8) is 0 Å². The second kappa shape index (κ2) is 4.93. The number of fused-ring (bicyclic) bond motifs is 1. The van der Waals surface area contributed by atoms with E-state index in [1.54, 1.807) is 18.2 Å². The topological polar surface area (TPSA) is 67.4 Å². The zero-order valence-electron chi connectivity index (χ0n) is 10.3. The molecule has 0 aromatic heterocycles. The Morgan fingerprint density at radius 1 is 1.63 bits per heavy atom. The van der Waals surface area contributed by atoms with Crippen LogP contribution in [0.1, 0.15) is 6.92 Å². The van der Waals surface area contributed by atoms with Crippen molar-refractivity contribution in [1.29, 1.82) is 0 Å². The minimum atomic E-state index is -1.61. The molecule has 0 saturated carbocycles. The van der Waals surface area contributed by atoms with Gasteiger partial charge in [-0.25, -0.2) is 0 Å². The van der Waals surface area contributed by atoms with E-state index >= 15 is 0 Å². The molecular formula is C13H13ClN2O3. The van der Waals surface area contributed by atoms with E-state index in [-0.39, 0.29) is 6.54 Å². The first-order chi connectivity index (χ1) is 8.97. The highest BCUT2D eigenvalue weighted by Crippen LogP contribution is 2.35. The van der Waals surface area contributed by atoms with Crippen LogP contribution >= 0.6 is 11.6 Å². The van der Waals surface area contributed by atoms with Crippen LogP contribution in [0.2, 0.25) is 5.02 Å². The Morgan fingerprint density at radius 2 is 2.37 bits per heavy atom. The van der Waals surface area contributed by atoms with Crippen molar-refractivity contribution in [2.45, 2.75) is 12.5 Å². The normalized spacial score (nSPS) is 20.8. The Kier molecular flexibility index (Phi) is 3.48.